The molecule has 3 aromatic rings. The number of hydrogen-bond donors (Lipinski definition) is 2. The van der Waals surface area contributed by atoms with Gasteiger partial charge in [0.15, 0.2) is 5.01 Å². The molecular weight excluding hydrogens is 332 g/mol. The molecule has 2 amide bonds. The second-order valence-corrected chi connectivity index (χ2v) is 6.87. The number of nitrogens with zero attached hydrogens (tertiary/aromatic N) is 2. The number of benzene rings is 1. The third-order valence-corrected chi connectivity index (χ3v) is 5.25. The van der Waals surface area contributed by atoms with E-state index >= 15 is 0 Å². The molecule has 114 valence electrons. The maximum atomic E-state index is 12.3. The minimum Gasteiger partial charge on any atom is -0.326 e. The van der Waals surface area contributed by atoms with Crippen LogP contribution in [0, 0.1) is 0 Å². The molecule has 0 fully saturated rings. The van der Waals surface area contributed by atoms with Gasteiger partial charge in [-0.15, -0.1) is 21.5 Å². The van der Waals surface area contributed by atoms with Crippen molar-refractivity contribution >= 4 is 45.3 Å². The normalized spacial score (nSPS) is 12.8. The van der Waals surface area contributed by atoms with E-state index in [1.165, 1.54) is 11.3 Å². The molecule has 2 N–H and O–H groups in total. The van der Waals surface area contributed by atoms with Crippen LogP contribution in [0.3, 0.4) is 0 Å². The highest BCUT2D eigenvalue weighted by atomic mass is 32.1. The number of rotatable bonds is 3. The summed E-state index contributed by atoms with van der Waals surface area (Å²) in [6.45, 7) is 0. The van der Waals surface area contributed by atoms with Gasteiger partial charge in [-0.25, -0.2) is 0 Å². The second kappa shape index (κ2) is 5.56. The van der Waals surface area contributed by atoms with Crippen LogP contribution in [0.5, 0.6) is 0 Å². The van der Waals surface area contributed by atoms with E-state index in [4.69, 9.17) is 0 Å². The topological polar surface area (TPSA) is 84.0 Å². The molecule has 0 spiro atoms. The molecule has 8 heteroatoms. The number of fused-ring (bicyclic) bond motifs is 1. The van der Waals surface area contributed by atoms with Crippen LogP contribution in [0.15, 0.2) is 35.7 Å². The average molecular weight is 342 g/mol. The predicted octanol–water partition coefficient (Wildman–Crippen LogP) is 3.01. The van der Waals surface area contributed by atoms with Gasteiger partial charge < -0.3 is 5.32 Å². The summed E-state index contributed by atoms with van der Waals surface area (Å²) in [5.41, 5.74) is 2.09. The Hall–Kier alpha value is -2.58. The molecule has 3 heterocycles. The molecule has 23 heavy (non-hydrogen) atoms. The molecule has 0 saturated heterocycles. The summed E-state index contributed by atoms with van der Waals surface area (Å²) >= 11 is 2.90. The second-order valence-electron chi connectivity index (χ2n) is 4.94. The maximum absolute atomic E-state index is 12.3. The first kappa shape index (κ1) is 14.0. The Labute approximate surface area is 139 Å². The van der Waals surface area contributed by atoms with Crippen LogP contribution in [-0.2, 0) is 11.2 Å². The lowest BCUT2D eigenvalue weighted by molar-refractivity contribution is -0.115. The fraction of sp³-hybridized carbons (Fsp3) is 0.0667. The number of nitrogens with one attached hydrogen (secondary N) is 2. The fourth-order valence-electron chi connectivity index (χ4n) is 2.31. The summed E-state index contributed by atoms with van der Waals surface area (Å²) in [6.07, 6.45) is 0.303. The SMILES string of the molecule is O=C1Cc2cc(C(=O)Nc3nnc(-c4cccs4)s3)ccc2N1. The van der Waals surface area contributed by atoms with Crippen LogP contribution in [0.1, 0.15) is 15.9 Å². The van der Waals surface area contributed by atoms with E-state index in [0.29, 0.717) is 17.1 Å². The molecule has 1 aliphatic rings. The van der Waals surface area contributed by atoms with Gasteiger partial charge in [0.1, 0.15) is 0 Å². The van der Waals surface area contributed by atoms with Crippen molar-refractivity contribution in [2.24, 2.45) is 0 Å². The number of carbonyl (C=O) groups excluding carboxylic acids is 2. The quantitative estimate of drug-likeness (QED) is 0.766. The number of aromatic nitrogens is 2. The molecule has 1 aromatic carbocycles. The molecular formula is C15H10N4O2S2. The molecule has 0 atom stereocenters. The van der Waals surface area contributed by atoms with Crippen molar-refractivity contribution in [1.82, 2.24) is 10.2 Å². The minimum atomic E-state index is -0.263. The van der Waals surface area contributed by atoms with Crippen molar-refractivity contribution in [3.8, 4) is 9.88 Å². The van der Waals surface area contributed by atoms with Crippen LogP contribution in [0.2, 0.25) is 0 Å². The van der Waals surface area contributed by atoms with Crippen LogP contribution >= 0.6 is 22.7 Å². The Bertz CT molecular complexity index is 902. The number of anilines is 2. The zero-order chi connectivity index (χ0) is 15.8. The molecule has 6 nitrogen and oxygen atoms in total. The Morgan fingerprint density at radius 1 is 1.26 bits per heavy atom. The van der Waals surface area contributed by atoms with Crippen LogP contribution in [-0.4, -0.2) is 22.0 Å². The van der Waals surface area contributed by atoms with E-state index in [2.05, 4.69) is 20.8 Å². The van der Waals surface area contributed by atoms with E-state index in [1.54, 1.807) is 29.5 Å². The summed E-state index contributed by atoms with van der Waals surface area (Å²) in [6, 6.07) is 9.05. The molecule has 0 radical (unpaired) electrons. The minimum absolute atomic E-state index is 0.0535. The smallest absolute Gasteiger partial charge is 0.257 e. The van der Waals surface area contributed by atoms with Crippen LogP contribution < -0.4 is 10.6 Å². The summed E-state index contributed by atoms with van der Waals surface area (Å²) < 4.78 is 0. The molecule has 4 rings (SSSR count). The molecule has 0 bridgehead atoms. The van der Waals surface area contributed by atoms with Crippen LogP contribution in [0.4, 0.5) is 10.8 Å². The van der Waals surface area contributed by atoms with E-state index in [0.717, 1.165) is 21.1 Å². The molecule has 1 aliphatic heterocycles. The third kappa shape index (κ3) is 2.73. The van der Waals surface area contributed by atoms with Crippen molar-refractivity contribution in [1.29, 1.82) is 0 Å². The van der Waals surface area contributed by atoms with Gasteiger partial charge in [-0.1, -0.05) is 17.4 Å². The van der Waals surface area contributed by atoms with Gasteiger partial charge in [-0.3, -0.25) is 14.9 Å². The van der Waals surface area contributed by atoms with E-state index in [9.17, 15) is 9.59 Å². The highest BCUT2D eigenvalue weighted by molar-refractivity contribution is 7.23. The summed E-state index contributed by atoms with van der Waals surface area (Å²) in [5.74, 6) is -0.316. The van der Waals surface area contributed by atoms with Gasteiger partial charge in [0, 0.05) is 11.3 Å². The van der Waals surface area contributed by atoms with Gasteiger partial charge >= 0.3 is 0 Å². The fourth-order valence-corrected chi connectivity index (χ4v) is 3.84. The van der Waals surface area contributed by atoms with E-state index in [-0.39, 0.29) is 11.8 Å². The zero-order valence-corrected chi connectivity index (χ0v) is 13.3. The largest absolute Gasteiger partial charge is 0.326 e. The third-order valence-electron chi connectivity index (χ3n) is 3.37. The highest BCUT2D eigenvalue weighted by Gasteiger charge is 2.19. The maximum Gasteiger partial charge on any atom is 0.257 e. The molecule has 0 saturated carbocycles. The molecule has 2 aromatic heterocycles. The van der Waals surface area contributed by atoms with Crippen molar-refractivity contribution in [2.75, 3.05) is 10.6 Å². The number of carbonyl (C=O) groups is 2. The molecule has 0 aliphatic carbocycles. The van der Waals surface area contributed by atoms with Crippen molar-refractivity contribution in [2.45, 2.75) is 6.42 Å². The monoisotopic (exact) mass is 342 g/mol. The Morgan fingerprint density at radius 2 is 2.17 bits per heavy atom. The Balaban J connectivity index is 1.52. The zero-order valence-electron chi connectivity index (χ0n) is 11.7. The first-order valence-electron chi connectivity index (χ1n) is 6.80. The number of hydrogen-bond acceptors (Lipinski definition) is 6. The predicted molar refractivity (Wildman–Crippen MR) is 90.0 cm³/mol. The van der Waals surface area contributed by atoms with Gasteiger partial charge in [-0.05, 0) is 35.2 Å². The number of thiophene rings is 1. The lowest BCUT2D eigenvalue weighted by Crippen LogP contribution is -2.11. The van der Waals surface area contributed by atoms with E-state index < -0.39 is 0 Å². The lowest BCUT2D eigenvalue weighted by Gasteiger charge is -2.03. The van der Waals surface area contributed by atoms with Crippen LogP contribution in [0.25, 0.3) is 9.88 Å². The van der Waals surface area contributed by atoms with Crippen molar-refractivity contribution in [3.05, 3.63) is 46.8 Å². The van der Waals surface area contributed by atoms with Gasteiger partial charge in [0.05, 0.1) is 11.3 Å². The number of amides is 2. The summed E-state index contributed by atoms with van der Waals surface area (Å²) in [5, 5.41) is 16.8. The summed E-state index contributed by atoms with van der Waals surface area (Å²) in [7, 11) is 0. The first-order valence-corrected chi connectivity index (χ1v) is 8.50. The standard InChI is InChI=1S/C15H10N4O2S2/c20-12-7-9-6-8(3-4-10(9)16-12)13(21)17-15-19-18-14(23-15)11-2-1-5-22-11/h1-6H,7H2,(H,16,20)(H,17,19,21). The van der Waals surface area contributed by atoms with Gasteiger partial charge in [-0.2, -0.15) is 0 Å². The lowest BCUT2D eigenvalue weighted by atomic mass is 10.1. The average Bonchev–Trinajstić information content (AvgIpc) is 3.25. The van der Waals surface area contributed by atoms with Crippen molar-refractivity contribution in [3.63, 3.8) is 0 Å². The van der Waals surface area contributed by atoms with E-state index in [1.807, 2.05) is 17.5 Å². The first-order chi connectivity index (χ1) is 11.2. The molecule has 0 unspecified atom stereocenters. The summed E-state index contributed by atoms with van der Waals surface area (Å²) in [4.78, 5) is 24.7. The Morgan fingerprint density at radius 3 is 3.00 bits per heavy atom. The Kier molecular flexibility index (Phi) is 3.40. The van der Waals surface area contributed by atoms with Crippen molar-refractivity contribution < 1.29 is 9.59 Å². The van der Waals surface area contributed by atoms with Gasteiger partial charge in [0.2, 0.25) is 11.0 Å². The van der Waals surface area contributed by atoms with Gasteiger partial charge in [0.25, 0.3) is 5.91 Å². The highest BCUT2D eigenvalue weighted by Crippen LogP contribution is 2.30.